The van der Waals surface area contributed by atoms with Gasteiger partial charge in [0, 0.05) is 23.3 Å². The average Bonchev–Trinajstić information content (AvgIpc) is 2.87. The number of Topliss-reactive ketones (excluding diaryl/α,β-unsaturated/α-hetero) is 1. The van der Waals surface area contributed by atoms with Gasteiger partial charge in [-0.1, -0.05) is 12.1 Å². The number of ketones is 1. The van der Waals surface area contributed by atoms with Crippen molar-refractivity contribution in [2.75, 3.05) is 0 Å². The van der Waals surface area contributed by atoms with Crippen molar-refractivity contribution in [3.8, 4) is 0 Å². The number of hydrogen-bond donors (Lipinski definition) is 2. The molecule has 0 aliphatic heterocycles. The molecule has 2 amide bonds. The lowest BCUT2D eigenvalue weighted by Crippen LogP contribution is -2.42. The summed E-state index contributed by atoms with van der Waals surface area (Å²) in [6, 6.07) is 8.34. The van der Waals surface area contributed by atoms with Crippen molar-refractivity contribution < 1.29 is 14.4 Å². The minimum absolute atomic E-state index is 0.132. The molecule has 2 aromatic rings. The molecule has 0 aliphatic rings. The summed E-state index contributed by atoms with van der Waals surface area (Å²) in [5.74, 6) is -1.08. The SMILES string of the molecule is CC(=O)c1cc(C(=O)NNC(=O)c2ccccc2Br)n(C)c1. The minimum atomic E-state index is -0.504. The molecule has 2 rings (SSSR count). The van der Waals surface area contributed by atoms with Crippen LogP contribution in [-0.2, 0) is 7.05 Å². The number of rotatable bonds is 3. The highest BCUT2D eigenvalue weighted by Gasteiger charge is 2.15. The van der Waals surface area contributed by atoms with E-state index in [9.17, 15) is 14.4 Å². The molecule has 2 N–H and O–H groups in total. The second-order valence-corrected chi connectivity index (χ2v) is 5.52. The zero-order valence-electron chi connectivity index (χ0n) is 12.0. The molecular formula is C15H14BrN3O3. The van der Waals surface area contributed by atoms with Crippen molar-refractivity contribution in [1.29, 1.82) is 0 Å². The normalized spacial score (nSPS) is 10.1. The Balaban J connectivity index is 2.06. The number of nitrogens with zero attached hydrogens (tertiary/aromatic N) is 1. The summed E-state index contributed by atoms with van der Waals surface area (Å²) in [6.07, 6.45) is 1.56. The first kappa shape index (κ1) is 16.0. The Labute approximate surface area is 135 Å². The van der Waals surface area contributed by atoms with E-state index in [-0.39, 0.29) is 11.5 Å². The van der Waals surface area contributed by atoms with Gasteiger partial charge in [-0.2, -0.15) is 0 Å². The van der Waals surface area contributed by atoms with Crippen LogP contribution in [0.2, 0.25) is 0 Å². The number of carbonyl (C=O) groups excluding carboxylic acids is 3. The van der Waals surface area contributed by atoms with Crippen LogP contribution in [0, 0.1) is 0 Å². The van der Waals surface area contributed by atoms with Crippen LogP contribution in [0.4, 0.5) is 0 Å². The molecule has 22 heavy (non-hydrogen) atoms. The summed E-state index contributed by atoms with van der Waals surface area (Å²) < 4.78 is 2.15. The van der Waals surface area contributed by atoms with Crippen LogP contribution >= 0.6 is 15.9 Å². The Morgan fingerprint density at radius 1 is 1.09 bits per heavy atom. The highest BCUT2D eigenvalue weighted by Crippen LogP contribution is 2.15. The van der Waals surface area contributed by atoms with Gasteiger partial charge >= 0.3 is 0 Å². The van der Waals surface area contributed by atoms with Crippen LogP contribution in [0.5, 0.6) is 0 Å². The topological polar surface area (TPSA) is 80.2 Å². The molecule has 0 saturated heterocycles. The highest BCUT2D eigenvalue weighted by molar-refractivity contribution is 9.10. The van der Waals surface area contributed by atoms with E-state index in [1.54, 1.807) is 37.5 Å². The fourth-order valence-corrected chi connectivity index (χ4v) is 2.34. The van der Waals surface area contributed by atoms with E-state index in [4.69, 9.17) is 0 Å². The summed E-state index contributed by atoms with van der Waals surface area (Å²) in [7, 11) is 1.65. The fraction of sp³-hybridized carbons (Fsp3) is 0.133. The maximum Gasteiger partial charge on any atom is 0.286 e. The molecule has 0 aliphatic carbocycles. The maximum atomic E-state index is 12.1. The van der Waals surface area contributed by atoms with Gasteiger partial charge in [0.2, 0.25) is 0 Å². The summed E-state index contributed by atoms with van der Waals surface area (Å²) in [6.45, 7) is 1.42. The average molecular weight is 364 g/mol. The van der Waals surface area contributed by atoms with E-state index in [1.807, 2.05) is 0 Å². The first-order chi connectivity index (χ1) is 10.4. The van der Waals surface area contributed by atoms with Gasteiger partial charge in [0.15, 0.2) is 5.78 Å². The Hall–Kier alpha value is -2.41. The zero-order chi connectivity index (χ0) is 16.3. The largest absolute Gasteiger partial charge is 0.346 e. The van der Waals surface area contributed by atoms with Gasteiger partial charge in [0.05, 0.1) is 5.56 Å². The summed E-state index contributed by atoms with van der Waals surface area (Å²) in [5.41, 5.74) is 5.78. The lowest BCUT2D eigenvalue weighted by Gasteiger charge is -2.08. The number of hydrazine groups is 1. The lowest BCUT2D eigenvalue weighted by atomic mass is 10.2. The number of halogens is 1. The monoisotopic (exact) mass is 363 g/mol. The fourth-order valence-electron chi connectivity index (χ4n) is 1.87. The Kier molecular flexibility index (Phi) is 4.77. The first-order valence-corrected chi connectivity index (χ1v) is 7.22. The van der Waals surface area contributed by atoms with Gasteiger partial charge in [-0.15, -0.1) is 0 Å². The molecule has 6 nitrogen and oxygen atoms in total. The molecule has 1 aromatic heterocycles. The number of hydrogen-bond acceptors (Lipinski definition) is 3. The molecule has 0 unspecified atom stereocenters. The second-order valence-electron chi connectivity index (χ2n) is 4.67. The Morgan fingerprint density at radius 3 is 2.32 bits per heavy atom. The lowest BCUT2D eigenvalue weighted by molar-refractivity contribution is 0.0841. The minimum Gasteiger partial charge on any atom is -0.346 e. The van der Waals surface area contributed by atoms with Crippen molar-refractivity contribution in [2.24, 2.45) is 7.05 Å². The molecule has 1 aromatic carbocycles. The molecular weight excluding hydrogens is 350 g/mol. The van der Waals surface area contributed by atoms with Crippen LogP contribution in [-0.4, -0.2) is 22.2 Å². The number of nitrogens with one attached hydrogen (secondary N) is 2. The van der Waals surface area contributed by atoms with Crippen molar-refractivity contribution in [1.82, 2.24) is 15.4 Å². The molecule has 0 spiro atoms. The smallest absolute Gasteiger partial charge is 0.286 e. The quantitative estimate of drug-likeness (QED) is 0.646. The van der Waals surface area contributed by atoms with Crippen molar-refractivity contribution in [3.63, 3.8) is 0 Å². The number of aromatic nitrogens is 1. The van der Waals surface area contributed by atoms with Gasteiger partial charge in [-0.05, 0) is 41.1 Å². The number of aryl methyl sites for hydroxylation is 1. The molecule has 0 saturated carbocycles. The van der Waals surface area contributed by atoms with Gasteiger partial charge in [-0.25, -0.2) is 0 Å². The third-order valence-electron chi connectivity index (χ3n) is 3.05. The van der Waals surface area contributed by atoms with Crippen LogP contribution in [0.15, 0.2) is 41.0 Å². The molecule has 0 atom stereocenters. The number of carbonyl (C=O) groups is 3. The predicted octanol–water partition coefficient (Wildman–Crippen LogP) is 2.06. The van der Waals surface area contributed by atoms with E-state index in [1.165, 1.54) is 17.6 Å². The molecule has 7 heteroatoms. The molecule has 0 fully saturated rings. The standard InChI is InChI=1S/C15H14BrN3O3/c1-9(20)10-7-13(19(2)8-10)15(22)18-17-14(21)11-5-3-4-6-12(11)16/h3-8H,1-2H3,(H,17,21)(H,18,22). The summed E-state index contributed by atoms with van der Waals surface area (Å²) in [4.78, 5) is 35.3. The molecule has 0 radical (unpaired) electrons. The van der Waals surface area contributed by atoms with Crippen molar-refractivity contribution >= 4 is 33.5 Å². The van der Waals surface area contributed by atoms with E-state index in [0.29, 0.717) is 15.6 Å². The van der Waals surface area contributed by atoms with E-state index in [2.05, 4.69) is 26.8 Å². The highest BCUT2D eigenvalue weighted by atomic mass is 79.9. The number of benzene rings is 1. The van der Waals surface area contributed by atoms with E-state index >= 15 is 0 Å². The van der Waals surface area contributed by atoms with E-state index in [0.717, 1.165) is 0 Å². The van der Waals surface area contributed by atoms with Crippen LogP contribution in [0.25, 0.3) is 0 Å². The van der Waals surface area contributed by atoms with Gasteiger partial charge in [-0.3, -0.25) is 25.2 Å². The van der Waals surface area contributed by atoms with Crippen molar-refractivity contribution in [3.05, 3.63) is 57.8 Å². The molecule has 114 valence electrons. The predicted molar refractivity (Wildman–Crippen MR) is 84.5 cm³/mol. The van der Waals surface area contributed by atoms with Gasteiger partial charge in [0.1, 0.15) is 5.69 Å². The maximum absolute atomic E-state index is 12.1. The molecule has 1 heterocycles. The van der Waals surface area contributed by atoms with Crippen LogP contribution in [0.3, 0.4) is 0 Å². The Morgan fingerprint density at radius 2 is 1.73 bits per heavy atom. The summed E-state index contributed by atoms with van der Waals surface area (Å²) >= 11 is 3.26. The second kappa shape index (κ2) is 6.57. The zero-order valence-corrected chi connectivity index (χ0v) is 13.6. The third-order valence-corrected chi connectivity index (χ3v) is 3.74. The van der Waals surface area contributed by atoms with Gasteiger partial charge < -0.3 is 4.57 Å². The molecule has 0 bridgehead atoms. The van der Waals surface area contributed by atoms with Crippen molar-refractivity contribution in [2.45, 2.75) is 6.92 Å². The van der Waals surface area contributed by atoms with Gasteiger partial charge in [0.25, 0.3) is 11.8 Å². The number of amides is 2. The first-order valence-electron chi connectivity index (χ1n) is 6.42. The summed E-state index contributed by atoms with van der Waals surface area (Å²) in [5, 5.41) is 0. The van der Waals surface area contributed by atoms with Crippen LogP contribution < -0.4 is 10.9 Å². The van der Waals surface area contributed by atoms with Crippen LogP contribution in [0.1, 0.15) is 38.1 Å². The Bertz CT molecular complexity index is 752. The third kappa shape index (κ3) is 3.43. The van der Waals surface area contributed by atoms with E-state index < -0.39 is 11.8 Å².